The number of alkyl carbamates (subject to hydrolysis) is 1. The monoisotopic (exact) mass is 282 g/mol. The minimum Gasteiger partial charge on any atom is -0.444 e. The van der Waals surface area contributed by atoms with Gasteiger partial charge in [-0.2, -0.15) is 0 Å². The van der Waals surface area contributed by atoms with Crippen LogP contribution in [0.3, 0.4) is 0 Å². The zero-order valence-electron chi connectivity index (χ0n) is 13.2. The maximum atomic E-state index is 11.8. The highest BCUT2D eigenvalue weighted by Crippen LogP contribution is 2.58. The van der Waals surface area contributed by atoms with Crippen LogP contribution in [-0.2, 0) is 4.74 Å². The van der Waals surface area contributed by atoms with Gasteiger partial charge in [-0.1, -0.05) is 0 Å². The molecule has 0 heterocycles. The Kier molecular flexibility index (Phi) is 4.62. The Labute approximate surface area is 122 Å². The van der Waals surface area contributed by atoms with E-state index in [0.29, 0.717) is 5.41 Å². The summed E-state index contributed by atoms with van der Waals surface area (Å²) in [6.07, 6.45) is 8.23. The van der Waals surface area contributed by atoms with Gasteiger partial charge >= 0.3 is 6.09 Å². The molecule has 2 rings (SSSR count). The van der Waals surface area contributed by atoms with Crippen molar-refractivity contribution in [2.24, 2.45) is 17.1 Å². The third-order valence-electron chi connectivity index (χ3n) is 4.85. The summed E-state index contributed by atoms with van der Waals surface area (Å²) in [5.74, 6) is 0.822. The lowest BCUT2D eigenvalue weighted by molar-refractivity contribution is 0.0480. The Morgan fingerprint density at radius 2 is 1.85 bits per heavy atom. The molecule has 3 N–H and O–H groups in total. The SMILES string of the molecule is CC(C)(C)OC(=O)NC1CCC(C2(CCN)CC2)CC1. The number of nitrogens with two attached hydrogens (primary N) is 1. The van der Waals surface area contributed by atoms with Gasteiger partial charge in [0.1, 0.15) is 5.60 Å². The van der Waals surface area contributed by atoms with Crippen molar-refractivity contribution in [3.63, 3.8) is 0 Å². The molecule has 0 radical (unpaired) electrons. The van der Waals surface area contributed by atoms with Crippen molar-refractivity contribution in [2.45, 2.75) is 77.4 Å². The predicted octanol–water partition coefficient (Wildman–Crippen LogP) is 3.20. The van der Waals surface area contributed by atoms with E-state index in [1.54, 1.807) is 0 Å². The molecule has 2 aliphatic carbocycles. The Balaban J connectivity index is 1.73. The molecule has 4 nitrogen and oxygen atoms in total. The number of carbonyl (C=O) groups excluding carboxylic acids is 1. The van der Waals surface area contributed by atoms with Gasteiger partial charge in [-0.05, 0) is 83.6 Å². The highest BCUT2D eigenvalue weighted by molar-refractivity contribution is 5.68. The quantitative estimate of drug-likeness (QED) is 0.832. The Morgan fingerprint density at radius 1 is 1.25 bits per heavy atom. The number of amides is 1. The second-order valence-electron chi connectivity index (χ2n) is 7.60. The first-order valence-corrected chi connectivity index (χ1v) is 8.04. The summed E-state index contributed by atoms with van der Waals surface area (Å²) in [7, 11) is 0. The van der Waals surface area contributed by atoms with Crippen molar-refractivity contribution in [1.29, 1.82) is 0 Å². The molecule has 0 aromatic carbocycles. The smallest absolute Gasteiger partial charge is 0.407 e. The number of hydrogen-bond donors (Lipinski definition) is 2. The van der Waals surface area contributed by atoms with Gasteiger partial charge in [0.15, 0.2) is 0 Å². The minimum absolute atomic E-state index is 0.274. The van der Waals surface area contributed by atoms with Crippen molar-refractivity contribution in [3.8, 4) is 0 Å². The molecule has 0 aromatic heterocycles. The number of ether oxygens (including phenoxy) is 1. The molecule has 0 unspecified atom stereocenters. The van der Waals surface area contributed by atoms with E-state index in [4.69, 9.17) is 10.5 Å². The first-order chi connectivity index (χ1) is 9.35. The van der Waals surface area contributed by atoms with Crippen LogP contribution in [0.25, 0.3) is 0 Å². The third-order valence-corrected chi connectivity index (χ3v) is 4.85. The van der Waals surface area contributed by atoms with Crippen LogP contribution in [0.4, 0.5) is 4.79 Å². The first kappa shape index (κ1) is 15.6. The number of nitrogens with one attached hydrogen (secondary N) is 1. The normalized spacial score (nSPS) is 28.8. The summed E-state index contributed by atoms with van der Waals surface area (Å²) in [6.45, 7) is 6.50. The molecule has 0 saturated heterocycles. The van der Waals surface area contributed by atoms with E-state index in [2.05, 4.69) is 5.32 Å². The number of carbonyl (C=O) groups is 1. The predicted molar refractivity (Wildman–Crippen MR) is 80.5 cm³/mol. The summed E-state index contributed by atoms with van der Waals surface area (Å²) >= 11 is 0. The van der Waals surface area contributed by atoms with Crippen molar-refractivity contribution >= 4 is 6.09 Å². The molecule has 0 bridgehead atoms. The van der Waals surface area contributed by atoms with Crippen molar-refractivity contribution in [3.05, 3.63) is 0 Å². The van der Waals surface area contributed by atoms with Crippen LogP contribution in [0.2, 0.25) is 0 Å². The van der Waals surface area contributed by atoms with Crippen LogP contribution in [0.5, 0.6) is 0 Å². The lowest BCUT2D eigenvalue weighted by Crippen LogP contribution is -2.41. The molecule has 1 amide bonds. The van der Waals surface area contributed by atoms with E-state index in [1.165, 1.54) is 32.1 Å². The highest BCUT2D eigenvalue weighted by atomic mass is 16.6. The average Bonchev–Trinajstić information content (AvgIpc) is 3.09. The molecular weight excluding hydrogens is 252 g/mol. The number of hydrogen-bond acceptors (Lipinski definition) is 3. The van der Waals surface area contributed by atoms with Gasteiger partial charge in [-0.25, -0.2) is 4.79 Å². The second kappa shape index (κ2) is 5.92. The van der Waals surface area contributed by atoms with Crippen LogP contribution >= 0.6 is 0 Å². The van der Waals surface area contributed by atoms with Crippen LogP contribution in [-0.4, -0.2) is 24.3 Å². The van der Waals surface area contributed by atoms with Gasteiger partial charge in [0.25, 0.3) is 0 Å². The zero-order valence-corrected chi connectivity index (χ0v) is 13.2. The fourth-order valence-electron chi connectivity index (χ4n) is 3.63. The van der Waals surface area contributed by atoms with Gasteiger partial charge in [0, 0.05) is 6.04 Å². The highest BCUT2D eigenvalue weighted by Gasteiger charge is 2.48. The summed E-state index contributed by atoms with van der Waals surface area (Å²) in [6, 6.07) is 0.287. The maximum Gasteiger partial charge on any atom is 0.407 e. The molecule has 0 aliphatic heterocycles. The molecule has 0 atom stereocenters. The van der Waals surface area contributed by atoms with Crippen LogP contribution in [0.1, 0.15) is 65.7 Å². The topological polar surface area (TPSA) is 64.3 Å². The fraction of sp³-hybridized carbons (Fsp3) is 0.938. The van der Waals surface area contributed by atoms with Gasteiger partial charge in [-0.3, -0.25) is 0 Å². The van der Waals surface area contributed by atoms with Gasteiger partial charge in [0.2, 0.25) is 0 Å². The zero-order chi connectivity index (χ0) is 14.8. The van der Waals surface area contributed by atoms with E-state index in [-0.39, 0.29) is 12.1 Å². The van der Waals surface area contributed by atoms with E-state index in [1.807, 2.05) is 20.8 Å². The Hall–Kier alpha value is -0.770. The van der Waals surface area contributed by atoms with Crippen molar-refractivity contribution in [2.75, 3.05) is 6.54 Å². The van der Waals surface area contributed by atoms with Crippen LogP contribution in [0, 0.1) is 11.3 Å². The molecule has 2 aliphatic rings. The van der Waals surface area contributed by atoms with E-state index in [9.17, 15) is 4.79 Å². The molecule has 2 saturated carbocycles. The summed E-state index contributed by atoms with van der Waals surface area (Å²) < 4.78 is 5.32. The minimum atomic E-state index is -0.416. The Morgan fingerprint density at radius 3 is 2.30 bits per heavy atom. The Bertz CT molecular complexity index is 337. The molecule has 2 fully saturated rings. The third kappa shape index (κ3) is 4.11. The molecule has 20 heavy (non-hydrogen) atoms. The standard InChI is InChI=1S/C16H30N2O2/c1-15(2,3)20-14(19)18-13-6-4-12(5-7-13)16(8-9-16)10-11-17/h12-13H,4-11,17H2,1-3H3,(H,18,19). The van der Waals surface area contributed by atoms with Crippen LogP contribution < -0.4 is 11.1 Å². The van der Waals surface area contributed by atoms with E-state index < -0.39 is 5.60 Å². The lowest BCUT2D eigenvalue weighted by Gasteiger charge is -2.34. The molecule has 116 valence electrons. The number of rotatable bonds is 4. The van der Waals surface area contributed by atoms with Gasteiger partial charge in [-0.15, -0.1) is 0 Å². The lowest BCUT2D eigenvalue weighted by atomic mass is 9.74. The van der Waals surface area contributed by atoms with Crippen LogP contribution in [0.15, 0.2) is 0 Å². The first-order valence-electron chi connectivity index (χ1n) is 8.04. The average molecular weight is 282 g/mol. The van der Waals surface area contributed by atoms with Crippen molar-refractivity contribution < 1.29 is 9.53 Å². The van der Waals surface area contributed by atoms with Gasteiger partial charge in [0.05, 0.1) is 0 Å². The van der Waals surface area contributed by atoms with Crippen molar-refractivity contribution in [1.82, 2.24) is 5.32 Å². The second-order valence-corrected chi connectivity index (χ2v) is 7.60. The summed E-state index contributed by atoms with van der Waals surface area (Å²) in [5, 5.41) is 3.01. The largest absolute Gasteiger partial charge is 0.444 e. The molecular formula is C16H30N2O2. The maximum absolute atomic E-state index is 11.8. The van der Waals surface area contributed by atoms with Gasteiger partial charge < -0.3 is 15.8 Å². The van der Waals surface area contributed by atoms with E-state index in [0.717, 1.165) is 25.3 Å². The summed E-state index contributed by atoms with van der Waals surface area (Å²) in [5.41, 5.74) is 5.88. The summed E-state index contributed by atoms with van der Waals surface area (Å²) in [4.78, 5) is 11.8. The molecule has 0 aromatic rings. The fourth-order valence-corrected chi connectivity index (χ4v) is 3.63. The molecule has 0 spiro atoms. The van der Waals surface area contributed by atoms with E-state index >= 15 is 0 Å². The molecule has 4 heteroatoms.